The molecule has 0 saturated heterocycles. The first-order valence-corrected chi connectivity index (χ1v) is 21.8. The Kier molecular flexibility index (Phi) is 8.54. The van der Waals surface area contributed by atoms with Gasteiger partial charge in [0, 0.05) is 11.4 Å². The Bertz CT molecular complexity index is 3190. The molecule has 2 nitrogen and oxygen atoms in total. The molecule has 2 aliphatic heterocycles. The van der Waals surface area contributed by atoms with E-state index in [1.165, 1.54) is 76.6 Å². The molecule has 0 spiro atoms. The van der Waals surface area contributed by atoms with E-state index in [4.69, 9.17) is 0 Å². The van der Waals surface area contributed by atoms with Crippen LogP contribution >= 0.6 is 0 Å². The summed E-state index contributed by atoms with van der Waals surface area (Å²) in [6.45, 7) is 4.85. The van der Waals surface area contributed by atoms with Crippen LogP contribution in [0.4, 0.5) is 34.1 Å². The number of hydrogen-bond acceptors (Lipinski definition) is 2. The summed E-state index contributed by atoms with van der Waals surface area (Å²) in [5, 5.41) is 5.22. The van der Waals surface area contributed by atoms with Gasteiger partial charge in [-0.3, -0.25) is 0 Å². The summed E-state index contributed by atoms with van der Waals surface area (Å²) in [6, 6.07) is 80.8. The van der Waals surface area contributed by atoms with Gasteiger partial charge in [-0.2, -0.15) is 0 Å². The Labute approximate surface area is 364 Å². The van der Waals surface area contributed by atoms with Gasteiger partial charge in [0.05, 0.1) is 22.7 Å². The molecule has 2 aliphatic rings. The maximum atomic E-state index is 2.41. The molecule has 0 radical (unpaired) electrons. The molecule has 0 saturated carbocycles. The number of para-hydroxylation sites is 5. The third-order valence-electron chi connectivity index (χ3n) is 13.4. The van der Waals surface area contributed by atoms with Crippen LogP contribution in [0.3, 0.4) is 0 Å². The second kappa shape index (κ2) is 14.6. The number of hydrogen-bond donors (Lipinski definition) is 0. The van der Waals surface area contributed by atoms with E-state index in [2.05, 4.69) is 242 Å². The summed E-state index contributed by atoms with van der Waals surface area (Å²) < 4.78 is 0. The monoisotopic (exact) mass is 788 g/mol. The average Bonchev–Trinajstić information content (AvgIpc) is 3.32. The zero-order chi connectivity index (χ0) is 41.3. The number of fused-ring (bicyclic) bond motifs is 6. The highest BCUT2D eigenvalue weighted by Gasteiger charge is 2.40. The molecule has 0 aromatic heterocycles. The summed E-state index contributed by atoms with van der Waals surface area (Å²) in [6.07, 6.45) is 0. The third-order valence-corrected chi connectivity index (χ3v) is 13.4. The van der Waals surface area contributed by atoms with Crippen molar-refractivity contribution < 1.29 is 0 Å². The number of rotatable bonds is 5. The highest BCUT2D eigenvalue weighted by molar-refractivity contribution is 7.12. The number of benzene rings is 10. The SMILES string of the molecule is Cc1cc(-c2ccc(N3c4ccccc4N(c4ccccc4)c4ccccc43)cc2)cc(C)c1B1c2ccccc2B(c2c3ccccc3cc3ccccc23)c2ccccc21. The van der Waals surface area contributed by atoms with E-state index in [1.807, 2.05) is 0 Å². The summed E-state index contributed by atoms with van der Waals surface area (Å²) in [5.41, 5.74) is 20.4. The molecule has 10 aromatic rings. The topological polar surface area (TPSA) is 6.48 Å². The minimum absolute atomic E-state index is 0.105. The molecular formula is C58H42B2N2. The summed E-state index contributed by atoms with van der Waals surface area (Å²) in [4.78, 5) is 4.78. The largest absolute Gasteiger partial charge is 0.306 e. The standard InChI is InChI=1S/C58H42B2N2/c1-39-36-44(41-32-34-46(35-33-41)62-55-30-16-14-28-53(55)61(45-20-4-3-5-21-45)54-29-15-17-31-56(54)62)37-40(2)57(39)59-49-24-10-12-26-51(49)60(52-27-13-11-25-50(52)59)58-47-22-8-6-18-42(47)38-43-19-7-9-23-48(43)58/h3-38H,1-2H3. The van der Waals surface area contributed by atoms with Crippen LogP contribution in [0.15, 0.2) is 218 Å². The van der Waals surface area contributed by atoms with Crippen molar-refractivity contribution in [2.24, 2.45) is 0 Å². The lowest BCUT2D eigenvalue weighted by molar-refractivity contribution is 1.17. The molecule has 4 heteroatoms. The van der Waals surface area contributed by atoms with E-state index in [-0.39, 0.29) is 13.4 Å². The summed E-state index contributed by atoms with van der Waals surface area (Å²) in [7, 11) is 0. The van der Waals surface area contributed by atoms with Crippen LogP contribution in [0, 0.1) is 13.8 Å². The smallest absolute Gasteiger partial charge is 0.241 e. The van der Waals surface area contributed by atoms with E-state index in [1.54, 1.807) is 0 Å². The molecule has 0 unspecified atom stereocenters. The summed E-state index contributed by atoms with van der Waals surface area (Å²) >= 11 is 0. The zero-order valence-corrected chi connectivity index (χ0v) is 34.8. The zero-order valence-electron chi connectivity index (χ0n) is 34.8. The van der Waals surface area contributed by atoms with E-state index in [0.717, 1.165) is 34.1 Å². The highest BCUT2D eigenvalue weighted by Crippen LogP contribution is 2.53. The van der Waals surface area contributed by atoms with Gasteiger partial charge in [0.25, 0.3) is 0 Å². The van der Waals surface area contributed by atoms with Crippen LogP contribution < -0.4 is 42.6 Å². The lowest BCUT2D eigenvalue weighted by Crippen LogP contribution is -2.75. The van der Waals surface area contributed by atoms with Crippen LogP contribution in [0.2, 0.25) is 0 Å². The third kappa shape index (κ3) is 5.67. The van der Waals surface area contributed by atoms with Gasteiger partial charge in [0.2, 0.25) is 13.4 Å². The molecule has 0 bridgehead atoms. The van der Waals surface area contributed by atoms with Gasteiger partial charge in [-0.15, -0.1) is 0 Å². The predicted molar refractivity (Wildman–Crippen MR) is 268 cm³/mol. The number of anilines is 6. The van der Waals surface area contributed by atoms with E-state index < -0.39 is 0 Å². The van der Waals surface area contributed by atoms with E-state index >= 15 is 0 Å². The molecule has 0 amide bonds. The molecule has 0 fully saturated rings. The lowest BCUT2D eigenvalue weighted by Gasteiger charge is -2.40. The van der Waals surface area contributed by atoms with Gasteiger partial charge < -0.3 is 9.80 Å². The minimum atomic E-state index is 0.105. The van der Waals surface area contributed by atoms with Crippen molar-refractivity contribution in [2.45, 2.75) is 13.8 Å². The highest BCUT2D eigenvalue weighted by atomic mass is 15.3. The Morgan fingerprint density at radius 1 is 0.306 bits per heavy atom. The number of nitrogens with zero attached hydrogens (tertiary/aromatic N) is 2. The van der Waals surface area contributed by atoms with Gasteiger partial charge in [-0.1, -0.05) is 208 Å². The van der Waals surface area contributed by atoms with Crippen LogP contribution in [0.5, 0.6) is 0 Å². The molecule has 0 N–H and O–H groups in total. The van der Waals surface area contributed by atoms with Crippen molar-refractivity contribution >= 4 is 102 Å². The second-order valence-electron chi connectivity index (χ2n) is 16.9. The maximum Gasteiger partial charge on any atom is 0.241 e. The molecular weight excluding hydrogens is 746 g/mol. The normalized spacial score (nSPS) is 12.9. The average molecular weight is 789 g/mol. The lowest BCUT2D eigenvalue weighted by atomic mass is 9.20. The molecule has 0 aliphatic carbocycles. The Morgan fingerprint density at radius 3 is 1.15 bits per heavy atom. The Morgan fingerprint density at radius 2 is 0.677 bits per heavy atom. The van der Waals surface area contributed by atoms with Crippen molar-refractivity contribution in [3.63, 3.8) is 0 Å². The molecule has 10 aromatic carbocycles. The van der Waals surface area contributed by atoms with Gasteiger partial charge in [-0.05, 0) is 101 Å². The van der Waals surface area contributed by atoms with Crippen molar-refractivity contribution in [2.75, 3.05) is 9.80 Å². The Hall–Kier alpha value is -7.55. The van der Waals surface area contributed by atoms with E-state index in [9.17, 15) is 0 Å². The first kappa shape index (κ1) is 36.3. The van der Waals surface area contributed by atoms with Crippen LogP contribution in [-0.4, -0.2) is 13.4 Å². The second-order valence-corrected chi connectivity index (χ2v) is 16.9. The quantitative estimate of drug-likeness (QED) is 0.127. The molecule has 62 heavy (non-hydrogen) atoms. The van der Waals surface area contributed by atoms with Crippen LogP contribution in [0.1, 0.15) is 11.1 Å². The minimum Gasteiger partial charge on any atom is -0.306 e. The van der Waals surface area contributed by atoms with Crippen molar-refractivity contribution in [3.05, 3.63) is 230 Å². The van der Waals surface area contributed by atoms with Crippen molar-refractivity contribution in [1.29, 1.82) is 0 Å². The fourth-order valence-corrected chi connectivity index (χ4v) is 10.9. The van der Waals surface area contributed by atoms with Crippen LogP contribution in [0.25, 0.3) is 32.7 Å². The number of aryl methyl sites for hydroxylation is 2. The van der Waals surface area contributed by atoms with Gasteiger partial charge in [0.15, 0.2) is 0 Å². The summed E-state index contributed by atoms with van der Waals surface area (Å²) in [5.74, 6) is 0. The molecule has 290 valence electrons. The molecule has 12 rings (SSSR count). The van der Waals surface area contributed by atoms with Crippen molar-refractivity contribution in [1.82, 2.24) is 0 Å². The molecule has 0 atom stereocenters. The first-order chi connectivity index (χ1) is 30.6. The first-order valence-electron chi connectivity index (χ1n) is 21.8. The fraction of sp³-hybridized carbons (Fsp3) is 0.0345. The fourth-order valence-electron chi connectivity index (χ4n) is 10.9. The van der Waals surface area contributed by atoms with E-state index in [0.29, 0.717) is 0 Å². The van der Waals surface area contributed by atoms with Gasteiger partial charge in [0.1, 0.15) is 0 Å². The van der Waals surface area contributed by atoms with Gasteiger partial charge in [-0.25, -0.2) is 0 Å². The van der Waals surface area contributed by atoms with Crippen molar-refractivity contribution in [3.8, 4) is 11.1 Å². The maximum absolute atomic E-state index is 2.41. The predicted octanol–water partition coefficient (Wildman–Crippen LogP) is 10.9. The molecule has 2 heterocycles. The van der Waals surface area contributed by atoms with Crippen LogP contribution in [-0.2, 0) is 0 Å². The van der Waals surface area contributed by atoms with Gasteiger partial charge >= 0.3 is 0 Å². The Balaban J connectivity index is 0.943.